The maximum atomic E-state index is 13.5. The number of likely N-dealkylation sites (tertiary alicyclic amines) is 1. The monoisotopic (exact) mass is 511 g/mol. The van der Waals surface area contributed by atoms with Gasteiger partial charge in [0.05, 0.1) is 18.2 Å². The minimum Gasteiger partial charge on any atom is -0.507 e. The highest BCUT2D eigenvalue weighted by Crippen LogP contribution is 2.43. The van der Waals surface area contributed by atoms with Crippen LogP contribution in [0, 0.1) is 13.8 Å². The van der Waals surface area contributed by atoms with Crippen molar-refractivity contribution in [3.63, 3.8) is 0 Å². The molecule has 0 bridgehead atoms. The van der Waals surface area contributed by atoms with Crippen LogP contribution in [0.1, 0.15) is 64.8 Å². The van der Waals surface area contributed by atoms with E-state index in [1.807, 2.05) is 57.2 Å². The molecule has 1 unspecified atom stereocenters. The first kappa shape index (κ1) is 25.6. The van der Waals surface area contributed by atoms with Gasteiger partial charge in [0.1, 0.15) is 5.76 Å². The van der Waals surface area contributed by atoms with Gasteiger partial charge >= 0.3 is 0 Å². The van der Waals surface area contributed by atoms with Crippen LogP contribution in [0.5, 0.6) is 11.5 Å². The zero-order valence-corrected chi connectivity index (χ0v) is 22.1. The molecule has 5 rings (SSSR count). The summed E-state index contributed by atoms with van der Waals surface area (Å²) in [7, 11) is 0. The van der Waals surface area contributed by atoms with Crippen molar-refractivity contribution in [1.82, 2.24) is 4.90 Å². The summed E-state index contributed by atoms with van der Waals surface area (Å²) in [5.41, 5.74) is 6.57. The van der Waals surface area contributed by atoms with Gasteiger partial charge in [-0.15, -0.1) is 0 Å². The molecule has 1 atom stereocenters. The molecule has 1 heterocycles. The second-order valence-corrected chi connectivity index (χ2v) is 10.2. The number of rotatable bonds is 6. The number of ketones is 1. The van der Waals surface area contributed by atoms with Crippen LogP contribution in [-0.2, 0) is 29.0 Å². The van der Waals surface area contributed by atoms with Gasteiger partial charge in [-0.1, -0.05) is 42.0 Å². The molecule has 2 aliphatic rings. The number of fused-ring (bicyclic) bond motifs is 1. The lowest BCUT2D eigenvalue weighted by atomic mass is 9.88. The zero-order valence-electron chi connectivity index (χ0n) is 22.1. The van der Waals surface area contributed by atoms with Crippen molar-refractivity contribution in [3.8, 4) is 11.5 Å². The van der Waals surface area contributed by atoms with E-state index in [2.05, 4.69) is 0 Å². The second kappa shape index (κ2) is 10.4. The molecule has 0 aromatic heterocycles. The van der Waals surface area contributed by atoms with Crippen LogP contribution in [0.2, 0.25) is 0 Å². The Morgan fingerprint density at radius 1 is 0.974 bits per heavy atom. The molecule has 1 fully saturated rings. The highest BCUT2D eigenvalue weighted by molar-refractivity contribution is 6.46. The van der Waals surface area contributed by atoms with Crippen LogP contribution in [0.3, 0.4) is 0 Å². The molecule has 6 heteroatoms. The number of ether oxygens (including phenoxy) is 1. The maximum absolute atomic E-state index is 13.5. The third-order valence-corrected chi connectivity index (χ3v) is 7.61. The number of hydrogen-bond acceptors (Lipinski definition) is 5. The number of carbonyl (C=O) groups excluding carboxylic acids is 2. The molecule has 1 aliphatic carbocycles. The number of phenolic OH excluding ortho intramolecular Hbond substituents is 1. The summed E-state index contributed by atoms with van der Waals surface area (Å²) in [6, 6.07) is 15.8. The normalized spacial score (nSPS) is 18.5. The largest absolute Gasteiger partial charge is 0.507 e. The lowest BCUT2D eigenvalue weighted by molar-refractivity contribution is -0.140. The summed E-state index contributed by atoms with van der Waals surface area (Å²) in [5, 5.41) is 21.9. The van der Waals surface area contributed by atoms with Gasteiger partial charge in [-0.3, -0.25) is 9.59 Å². The first-order valence-electron chi connectivity index (χ1n) is 13.2. The Balaban J connectivity index is 1.66. The number of hydrogen-bond donors (Lipinski definition) is 2. The highest BCUT2D eigenvalue weighted by atomic mass is 16.5. The zero-order chi connectivity index (χ0) is 27.0. The first-order valence-corrected chi connectivity index (χ1v) is 13.2. The molecule has 1 amide bonds. The van der Waals surface area contributed by atoms with E-state index < -0.39 is 17.7 Å². The lowest BCUT2D eigenvalue weighted by Gasteiger charge is -2.27. The minimum atomic E-state index is -0.842. The van der Waals surface area contributed by atoms with Crippen LogP contribution in [0.4, 0.5) is 0 Å². The number of aryl methyl sites for hydroxylation is 4. The number of Topliss-reactive ketones (excluding diaryl/α,β-unsaturated/α-hetero) is 1. The van der Waals surface area contributed by atoms with Crippen LogP contribution in [0.15, 0.2) is 60.2 Å². The molecule has 3 aromatic carbocycles. The Kier molecular flexibility index (Phi) is 6.98. The Hall–Kier alpha value is -4.06. The van der Waals surface area contributed by atoms with Crippen molar-refractivity contribution >= 4 is 17.4 Å². The molecular weight excluding hydrogens is 478 g/mol. The van der Waals surface area contributed by atoms with E-state index in [1.165, 1.54) is 22.1 Å². The third kappa shape index (κ3) is 4.67. The van der Waals surface area contributed by atoms with E-state index in [1.54, 1.807) is 12.1 Å². The Morgan fingerprint density at radius 3 is 2.50 bits per heavy atom. The number of aliphatic hydroxyl groups is 1. The minimum absolute atomic E-state index is 0.0308. The molecule has 0 radical (unpaired) electrons. The number of carbonyl (C=O) groups is 2. The van der Waals surface area contributed by atoms with Crippen molar-refractivity contribution in [3.05, 3.63) is 99.1 Å². The van der Waals surface area contributed by atoms with Gasteiger partial charge in [-0.2, -0.15) is 0 Å². The fourth-order valence-corrected chi connectivity index (χ4v) is 5.55. The number of phenols is 1. The highest BCUT2D eigenvalue weighted by Gasteiger charge is 2.46. The smallest absolute Gasteiger partial charge is 0.295 e. The van der Waals surface area contributed by atoms with Gasteiger partial charge in [0.2, 0.25) is 0 Å². The van der Waals surface area contributed by atoms with E-state index in [9.17, 15) is 19.8 Å². The van der Waals surface area contributed by atoms with E-state index >= 15 is 0 Å². The lowest BCUT2D eigenvalue weighted by Crippen LogP contribution is -2.29. The van der Waals surface area contributed by atoms with E-state index in [0.29, 0.717) is 17.7 Å². The molecule has 0 saturated carbocycles. The first-order chi connectivity index (χ1) is 18.3. The number of benzene rings is 3. The molecule has 0 spiro atoms. The summed E-state index contributed by atoms with van der Waals surface area (Å²) in [5.74, 6) is -1.34. The number of aliphatic hydroxyl groups excluding tert-OH is 1. The molecular formula is C32H33NO5. The topological polar surface area (TPSA) is 87.1 Å². The van der Waals surface area contributed by atoms with E-state index in [4.69, 9.17) is 4.74 Å². The van der Waals surface area contributed by atoms with Crippen molar-refractivity contribution in [2.75, 3.05) is 6.61 Å². The van der Waals surface area contributed by atoms with Crippen molar-refractivity contribution in [1.29, 1.82) is 0 Å². The van der Waals surface area contributed by atoms with Gasteiger partial charge in [0, 0.05) is 12.1 Å². The molecule has 1 saturated heterocycles. The third-order valence-electron chi connectivity index (χ3n) is 7.61. The summed E-state index contributed by atoms with van der Waals surface area (Å²) >= 11 is 0. The fraction of sp³-hybridized carbons (Fsp3) is 0.312. The van der Waals surface area contributed by atoms with Gasteiger partial charge in [0.25, 0.3) is 11.7 Å². The van der Waals surface area contributed by atoms with Gasteiger partial charge < -0.3 is 19.8 Å². The fourth-order valence-electron chi connectivity index (χ4n) is 5.55. The average Bonchev–Trinajstić information content (AvgIpc) is 3.16. The number of nitrogens with zero attached hydrogens (tertiary/aromatic N) is 1. The number of aromatic hydroxyl groups is 1. The van der Waals surface area contributed by atoms with Gasteiger partial charge in [-0.25, -0.2) is 0 Å². The van der Waals surface area contributed by atoms with Crippen LogP contribution >= 0.6 is 0 Å². The Morgan fingerprint density at radius 2 is 1.74 bits per heavy atom. The van der Waals surface area contributed by atoms with E-state index in [0.717, 1.165) is 42.4 Å². The van der Waals surface area contributed by atoms with Crippen LogP contribution < -0.4 is 4.74 Å². The predicted molar refractivity (Wildman–Crippen MR) is 146 cm³/mol. The average molecular weight is 512 g/mol. The van der Waals surface area contributed by atoms with Gasteiger partial charge in [-0.05, 0) is 92.5 Å². The molecule has 38 heavy (non-hydrogen) atoms. The van der Waals surface area contributed by atoms with Crippen molar-refractivity contribution in [2.45, 2.75) is 59.0 Å². The molecule has 2 N–H and O–H groups in total. The summed E-state index contributed by atoms with van der Waals surface area (Å²) in [6.45, 7) is 6.32. The van der Waals surface area contributed by atoms with Crippen molar-refractivity contribution in [2.24, 2.45) is 0 Å². The summed E-state index contributed by atoms with van der Waals surface area (Å²) in [4.78, 5) is 28.5. The SMILES string of the molecule is CCOc1cc(C2/C(=C(\O)c3ccc4c(c3)CCCC4)C(=O)C(=O)N2Cc2cc(C)ccc2C)ccc1O. The second-order valence-electron chi connectivity index (χ2n) is 10.2. The Bertz CT molecular complexity index is 1450. The Labute approximate surface area is 223 Å². The standard InChI is InChI=1S/C32H33NO5/c1-4-38-27-17-23(13-14-26(27)34)29-28(30(35)24-12-11-21-7-5-6-8-22(21)16-24)31(36)32(37)33(29)18-25-15-19(2)9-10-20(25)3/h9-17,29,34-35H,4-8,18H2,1-3H3/b30-28+. The van der Waals surface area contributed by atoms with Crippen LogP contribution in [0.25, 0.3) is 5.76 Å². The molecule has 1 aliphatic heterocycles. The van der Waals surface area contributed by atoms with Gasteiger partial charge in [0.15, 0.2) is 11.5 Å². The molecule has 6 nitrogen and oxygen atoms in total. The number of amides is 1. The maximum Gasteiger partial charge on any atom is 0.295 e. The quantitative estimate of drug-likeness (QED) is 0.244. The van der Waals surface area contributed by atoms with Crippen molar-refractivity contribution < 1.29 is 24.5 Å². The summed E-state index contributed by atoms with van der Waals surface area (Å²) in [6.07, 6.45) is 4.16. The van der Waals surface area contributed by atoms with E-state index in [-0.39, 0.29) is 29.4 Å². The molecule has 3 aromatic rings. The van der Waals surface area contributed by atoms with Crippen LogP contribution in [-0.4, -0.2) is 33.4 Å². The molecule has 196 valence electrons. The predicted octanol–water partition coefficient (Wildman–Crippen LogP) is 5.91. The summed E-state index contributed by atoms with van der Waals surface area (Å²) < 4.78 is 5.60.